The highest BCUT2D eigenvalue weighted by atomic mass is 16.2. The largest absolute Gasteiger partial charge is 0.346 e. The standard InChI is InChI=1S/C25H31N5O2/c1-3-29-24(27-30(25(29)32)17-20-9-5-4-6-10-20)21-12-14-28(15-13-21)18-23(31)26-22-11-7-8-19(2)16-22/h4-11,16,21H,3,12-15,17-18H2,1-2H3,(H,26,31). The first-order valence-corrected chi connectivity index (χ1v) is 11.3. The third-order valence-corrected chi connectivity index (χ3v) is 6.06. The van der Waals surface area contributed by atoms with Gasteiger partial charge in [-0.05, 0) is 63.0 Å². The van der Waals surface area contributed by atoms with Gasteiger partial charge < -0.3 is 5.32 Å². The zero-order valence-corrected chi connectivity index (χ0v) is 18.8. The number of carbonyl (C=O) groups excluding carboxylic acids is 1. The molecule has 1 aliphatic rings. The van der Waals surface area contributed by atoms with Crippen molar-refractivity contribution in [2.45, 2.75) is 45.7 Å². The highest BCUT2D eigenvalue weighted by Gasteiger charge is 2.27. The number of piperidine rings is 1. The fourth-order valence-electron chi connectivity index (χ4n) is 4.39. The maximum Gasteiger partial charge on any atom is 0.346 e. The minimum atomic E-state index is -0.0497. The number of nitrogens with zero attached hydrogens (tertiary/aromatic N) is 4. The molecule has 1 N–H and O–H groups in total. The zero-order chi connectivity index (χ0) is 22.5. The Hall–Kier alpha value is -3.19. The second kappa shape index (κ2) is 9.96. The van der Waals surface area contributed by atoms with Crippen molar-refractivity contribution < 1.29 is 4.79 Å². The number of aromatic nitrogens is 3. The Morgan fingerprint density at radius 2 is 1.84 bits per heavy atom. The maximum absolute atomic E-state index is 12.9. The monoisotopic (exact) mass is 433 g/mol. The summed E-state index contributed by atoms with van der Waals surface area (Å²) in [6.45, 7) is 7.11. The van der Waals surface area contributed by atoms with Crippen LogP contribution >= 0.6 is 0 Å². The molecule has 168 valence electrons. The van der Waals surface area contributed by atoms with Gasteiger partial charge in [-0.25, -0.2) is 9.48 Å². The Kier molecular flexibility index (Phi) is 6.85. The lowest BCUT2D eigenvalue weighted by Gasteiger charge is -2.30. The SMILES string of the molecule is CCn1c(C2CCN(CC(=O)Nc3cccc(C)c3)CC2)nn(Cc2ccccc2)c1=O. The lowest BCUT2D eigenvalue weighted by Crippen LogP contribution is -2.39. The summed E-state index contributed by atoms with van der Waals surface area (Å²) in [6, 6.07) is 17.8. The van der Waals surface area contributed by atoms with Crippen molar-refractivity contribution in [3.05, 3.63) is 82.0 Å². The third kappa shape index (κ3) is 5.16. The molecule has 3 aromatic rings. The average molecular weight is 434 g/mol. The molecular formula is C25H31N5O2. The molecule has 0 bridgehead atoms. The van der Waals surface area contributed by atoms with Crippen molar-refractivity contribution in [1.29, 1.82) is 0 Å². The number of hydrogen-bond donors (Lipinski definition) is 1. The Morgan fingerprint density at radius 1 is 1.09 bits per heavy atom. The number of benzene rings is 2. The van der Waals surface area contributed by atoms with Crippen LogP contribution in [0.1, 0.15) is 42.6 Å². The van der Waals surface area contributed by atoms with Gasteiger partial charge in [-0.15, -0.1) is 0 Å². The number of aryl methyl sites for hydroxylation is 1. The lowest BCUT2D eigenvalue weighted by molar-refractivity contribution is -0.117. The van der Waals surface area contributed by atoms with Gasteiger partial charge >= 0.3 is 5.69 Å². The van der Waals surface area contributed by atoms with Crippen LogP contribution in [0, 0.1) is 6.92 Å². The number of amides is 1. The first-order chi connectivity index (χ1) is 15.5. The fraction of sp³-hybridized carbons (Fsp3) is 0.400. The summed E-state index contributed by atoms with van der Waals surface area (Å²) >= 11 is 0. The minimum absolute atomic E-state index is 0.00616. The highest BCUT2D eigenvalue weighted by Crippen LogP contribution is 2.26. The van der Waals surface area contributed by atoms with Crippen LogP contribution < -0.4 is 11.0 Å². The van der Waals surface area contributed by atoms with Gasteiger partial charge in [-0.1, -0.05) is 42.5 Å². The second-order valence-electron chi connectivity index (χ2n) is 8.50. The summed E-state index contributed by atoms with van der Waals surface area (Å²) in [6.07, 6.45) is 1.78. The predicted octanol–water partition coefficient (Wildman–Crippen LogP) is 3.24. The van der Waals surface area contributed by atoms with E-state index in [0.717, 1.165) is 48.6 Å². The molecule has 0 atom stereocenters. The van der Waals surface area contributed by atoms with Crippen molar-refractivity contribution in [2.75, 3.05) is 25.0 Å². The summed E-state index contributed by atoms with van der Waals surface area (Å²) in [5.41, 5.74) is 2.97. The molecule has 1 fully saturated rings. The molecule has 4 rings (SSSR count). The first kappa shape index (κ1) is 22.0. The lowest BCUT2D eigenvalue weighted by atomic mass is 9.96. The predicted molar refractivity (Wildman–Crippen MR) is 126 cm³/mol. The summed E-state index contributed by atoms with van der Waals surface area (Å²) in [5, 5.41) is 7.70. The molecule has 0 spiro atoms. The van der Waals surface area contributed by atoms with Crippen molar-refractivity contribution in [1.82, 2.24) is 19.2 Å². The molecule has 1 aromatic heterocycles. The fourth-order valence-corrected chi connectivity index (χ4v) is 4.39. The van der Waals surface area contributed by atoms with E-state index in [9.17, 15) is 9.59 Å². The molecule has 0 radical (unpaired) electrons. The third-order valence-electron chi connectivity index (χ3n) is 6.06. The summed E-state index contributed by atoms with van der Waals surface area (Å²) in [4.78, 5) is 27.5. The highest BCUT2D eigenvalue weighted by molar-refractivity contribution is 5.92. The molecule has 0 saturated carbocycles. The number of hydrogen-bond acceptors (Lipinski definition) is 4. The van der Waals surface area contributed by atoms with E-state index in [1.54, 1.807) is 9.25 Å². The molecule has 7 nitrogen and oxygen atoms in total. The quantitative estimate of drug-likeness (QED) is 0.621. The van der Waals surface area contributed by atoms with Crippen LogP contribution in [0.3, 0.4) is 0 Å². The first-order valence-electron chi connectivity index (χ1n) is 11.3. The van der Waals surface area contributed by atoms with Crippen LogP contribution in [0.5, 0.6) is 0 Å². The molecule has 32 heavy (non-hydrogen) atoms. The molecule has 2 heterocycles. The number of carbonyl (C=O) groups is 1. The molecular weight excluding hydrogens is 402 g/mol. The summed E-state index contributed by atoms with van der Waals surface area (Å²) in [7, 11) is 0. The number of anilines is 1. The topological polar surface area (TPSA) is 72.2 Å². The van der Waals surface area contributed by atoms with Crippen LogP contribution in [0.4, 0.5) is 5.69 Å². The van der Waals surface area contributed by atoms with Crippen molar-refractivity contribution in [3.63, 3.8) is 0 Å². The van der Waals surface area contributed by atoms with Crippen LogP contribution in [-0.2, 0) is 17.9 Å². The Balaban J connectivity index is 1.37. The van der Waals surface area contributed by atoms with Crippen molar-refractivity contribution in [3.8, 4) is 0 Å². The number of nitrogens with one attached hydrogen (secondary N) is 1. The van der Waals surface area contributed by atoms with E-state index in [2.05, 4.69) is 10.2 Å². The zero-order valence-electron chi connectivity index (χ0n) is 18.8. The average Bonchev–Trinajstić information content (AvgIpc) is 3.10. The molecule has 1 amide bonds. The van der Waals surface area contributed by atoms with E-state index in [-0.39, 0.29) is 17.5 Å². The molecule has 1 saturated heterocycles. The molecule has 0 aliphatic carbocycles. The van der Waals surface area contributed by atoms with Crippen LogP contribution in [0.15, 0.2) is 59.4 Å². The van der Waals surface area contributed by atoms with E-state index >= 15 is 0 Å². The normalized spacial score (nSPS) is 15.1. The van der Waals surface area contributed by atoms with E-state index in [1.165, 1.54) is 0 Å². The van der Waals surface area contributed by atoms with E-state index in [0.29, 0.717) is 19.6 Å². The van der Waals surface area contributed by atoms with Crippen LogP contribution in [0.2, 0.25) is 0 Å². The summed E-state index contributed by atoms with van der Waals surface area (Å²) < 4.78 is 3.38. The van der Waals surface area contributed by atoms with Gasteiger partial charge in [0.25, 0.3) is 0 Å². The smallest absolute Gasteiger partial charge is 0.325 e. The molecule has 1 aliphatic heterocycles. The van der Waals surface area contributed by atoms with Gasteiger partial charge in [0.05, 0.1) is 13.1 Å². The van der Waals surface area contributed by atoms with Gasteiger partial charge in [0.1, 0.15) is 5.82 Å². The summed E-state index contributed by atoms with van der Waals surface area (Å²) in [5.74, 6) is 1.11. The maximum atomic E-state index is 12.9. The molecule has 2 aromatic carbocycles. The van der Waals surface area contributed by atoms with Crippen LogP contribution in [-0.4, -0.2) is 44.8 Å². The Labute approximate surface area is 188 Å². The van der Waals surface area contributed by atoms with E-state index < -0.39 is 0 Å². The van der Waals surface area contributed by atoms with Crippen molar-refractivity contribution >= 4 is 11.6 Å². The minimum Gasteiger partial charge on any atom is -0.325 e. The number of rotatable bonds is 7. The second-order valence-corrected chi connectivity index (χ2v) is 8.50. The van der Waals surface area contributed by atoms with E-state index in [4.69, 9.17) is 5.10 Å². The Morgan fingerprint density at radius 3 is 2.53 bits per heavy atom. The van der Waals surface area contributed by atoms with Gasteiger partial charge in [-0.3, -0.25) is 14.3 Å². The van der Waals surface area contributed by atoms with Gasteiger partial charge in [0, 0.05) is 18.2 Å². The molecule has 0 unspecified atom stereocenters. The number of likely N-dealkylation sites (tertiary alicyclic amines) is 1. The van der Waals surface area contributed by atoms with E-state index in [1.807, 2.05) is 68.4 Å². The van der Waals surface area contributed by atoms with Gasteiger partial charge in [0.15, 0.2) is 0 Å². The Bertz CT molecular complexity index is 1110. The molecule has 7 heteroatoms. The van der Waals surface area contributed by atoms with Gasteiger partial charge in [0.2, 0.25) is 5.91 Å². The van der Waals surface area contributed by atoms with Crippen molar-refractivity contribution in [2.24, 2.45) is 0 Å². The van der Waals surface area contributed by atoms with Gasteiger partial charge in [-0.2, -0.15) is 5.10 Å². The van der Waals surface area contributed by atoms with Crippen LogP contribution in [0.25, 0.3) is 0 Å².